The fourth-order valence-electron chi connectivity index (χ4n) is 2.30. The van der Waals surface area contributed by atoms with Crippen LogP contribution in [0, 0.1) is 0 Å². The number of carbonyl (C=O) groups is 1. The van der Waals surface area contributed by atoms with Gasteiger partial charge in [-0.2, -0.15) is 0 Å². The highest BCUT2D eigenvalue weighted by Crippen LogP contribution is 2.31. The van der Waals surface area contributed by atoms with Crippen LogP contribution < -0.4 is 0 Å². The Labute approximate surface area is 114 Å². The number of ketones is 1. The minimum absolute atomic E-state index is 0.0454. The molecule has 0 saturated heterocycles. The summed E-state index contributed by atoms with van der Waals surface area (Å²) in [4.78, 5) is 11.8. The molecule has 7 heteroatoms. The van der Waals surface area contributed by atoms with Crippen molar-refractivity contribution in [1.29, 1.82) is 0 Å². The van der Waals surface area contributed by atoms with E-state index >= 15 is 0 Å². The summed E-state index contributed by atoms with van der Waals surface area (Å²) in [7, 11) is 0. The number of hydrogen-bond acceptors (Lipinski definition) is 6. The molecule has 1 aliphatic rings. The van der Waals surface area contributed by atoms with Crippen LogP contribution in [0.15, 0.2) is 28.0 Å². The summed E-state index contributed by atoms with van der Waals surface area (Å²) in [5.41, 5.74) is 0. The van der Waals surface area contributed by atoms with E-state index in [1.54, 1.807) is 12.1 Å². The van der Waals surface area contributed by atoms with Crippen LogP contribution in [0.25, 0.3) is 0 Å². The number of tetrazole rings is 1. The fraction of sp³-hybridized carbons (Fsp3) is 0.500. The molecule has 100 valence electrons. The van der Waals surface area contributed by atoms with E-state index in [9.17, 15) is 4.79 Å². The molecule has 1 saturated carbocycles. The standard InChI is InChI=1S/C12H14N4O2S/c17-10(11-6-3-7-18-11)8-19-12-13-14-15-16(12)9-4-1-2-5-9/h3,6-7,9H,1-2,4-5,8H2. The van der Waals surface area contributed by atoms with Crippen molar-refractivity contribution < 1.29 is 9.21 Å². The lowest BCUT2D eigenvalue weighted by Gasteiger charge is -2.10. The van der Waals surface area contributed by atoms with E-state index in [2.05, 4.69) is 15.5 Å². The molecule has 0 amide bonds. The van der Waals surface area contributed by atoms with Crippen LogP contribution in [-0.2, 0) is 0 Å². The minimum Gasteiger partial charge on any atom is -0.461 e. The van der Waals surface area contributed by atoms with E-state index in [0.717, 1.165) is 12.8 Å². The topological polar surface area (TPSA) is 73.8 Å². The summed E-state index contributed by atoms with van der Waals surface area (Å²) < 4.78 is 6.93. The predicted molar refractivity (Wildman–Crippen MR) is 69.1 cm³/mol. The van der Waals surface area contributed by atoms with Gasteiger partial charge in [-0.15, -0.1) is 5.10 Å². The van der Waals surface area contributed by atoms with E-state index < -0.39 is 0 Å². The number of thioether (sulfide) groups is 1. The van der Waals surface area contributed by atoms with Crippen molar-refractivity contribution in [2.24, 2.45) is 0 Å². The molecule has 0 aromatic carbocycles. The number of hydrogen-bond donors (Lipinski definition) is 0. The molecule has 0 aliphatic heterocycles. The molecule has 6 nitrogen and oxygen atoms in total. The van der Waals surface area contributed by atoms with E-state index in [1.165, 1.54) is 30.9 Å². The molecular weight excluding hydrogens is 264 g/mol. The lowest BCUT2D eigenvalue weighted by atomic mass is 10.3. The molecule has 0 atom stereocenters. The number of furan rings is 1. The first-order valence-corrected chi connectivity index (χ1v) is 7.30. The number of carbonyl (C=O) groups excluding carboxylic acids is 1. The first kappa shape index (κ1) is 12.4. The van der Waals surface area contributed by atoms with Gasteiger partial charge in [0.15, 0.2) is 5.76 Å². The summed E-state index contributed by atoms with van der Waals surface area (Å²) in [6.45, 7) is 0. The van der Waals surface area contributed by atoms with Crippen LogP contribution in [0.1, 0.15) is 42.3 Å². The Bertz CT molecular complexity index is 546. The predicted octanol–water partition coefficient (Wildman–Crippen LogP) is 2.36. The average molecular weight is 278 g/mol. The number of nitrogens with zero attached hydrogens (tertiary/aromatic N) is 4. The van der Waals surface area contributed by atoms with Crippen molar-refractivity contribution in [3.05, 3.63) is 24.2 Å². The first-order chi connectivity index (χ1) is 9.34. The third-order valence-electron chi connectivity index (χ3n) is 3.26. The number of rotatable bonds is 5. The zero-order valence-corrected chi connectivity index (χ0v) is 11.2. The van der Waals surface area contributed by atoms with Crippen LogP contribution in [0.5, 0.6) is 0 Å². The molecule has 0 spiro atoms. The third kappa shape index (κ3) is 2.70. The zero-order valence-electron chi connectivity index (χ0n) is 10.4. The Kier molecular flexibility index (Phi) is 3.63. The second kappa shape index (κ2) is 5.56. The molecule has 2 aromatic heterocycles. The van der Waals surface area contributed by atoms with Crippen molar-refractivity contribution >= 4 is 17.5 Å². The van der Waals surface area contributed by atoms with Crippen molar-refractivity contribution in [3.63, 3.8) is 0 Å². The van der Waals surface area contributed by atoms with Gasteiger partial charge in [-0.3, -0.25) is 4.79 Å². The molecule has 0 radical (unpaired) electrons. The lowest BCUT2D eigenvalue weighted by molar-refractivity contribution is 0.0992. The lowest BCUT2D eigenvalue weighted by Crippen LogP contribution is -2.09. The molecule has 3 rings (SSSR count). The fourth-order valence-corrected chi connectivity index (χ4v) is 3.11. The van der Waals surface area contributed by atoms with E-state index in [0.29, 0.717) is 22.7 Å². The van der Waals surface area contributed by atoms with Gasteiger partial charge in [-0.25, -0.2) is 4.68 Å². The number of Topliss-reactive ketones (excluding diaryl/α,β-unsaturated/α-hetero) is 1. The first-order valence-electron chi connectivity index (χ1n) is 6.32. The average Bonchev–Trinajstić information content (AvgIpc) is 3.14. The van der Waals surface area contributed by atoms with E-state index in [4.69, 9.17) is 4.42 Å². The Balaban J connectivity index is 1.64. The molecule has 1 fully saturated rings. The van der Waals surface area contributed by atoms with Gasteiger partial charge in [-0.05, 0) is 35.4 Å². The van der Waals surface area contributed by atoms with Gasteiger partial charge in [0.1, 0.15) is 0 Å². The SMILES string of the molecule is O=C(CSc1nnnn1C1CCCC1)c1ccco1. The summed E-state index contributed by atoms with van der Waals surface area (Å²) >= 11 is 1.36. The normalized spacial score (nSPS) is 16.0. The van der Waals surface area contributed by atoms with Crippen LogP contribution in [0.4, 0.5) is 0 Å². The maximum absolute atomic E-state index is 11.8. The summed E-state index contributed by atoms with van der Waals surface area (Å²) in [6.07, 6.45) is 6.18. The summed E-state index contributed by atoms with van der Waals surface area (Å²) in [6, 6.07) is 3.76. The Morgan fingerprint density at radius 2 is 2.32 bits per heavy atom. The Morgan fingerprint density at radius 3 is 3.05 bits per heavy atom. The number of aromatic nitrogens is 4. The van der Waals surface area contributed by atoms with Gasteiger partial charge < -0.3 is 4.42 Å². The maximum atomic E-state index is 11.8. The molecule has 0 N–H and O–H groups in total. The van der Waals surface area contributed by atoms with Crippen molar-refractivity contribution in [1.82, 2.24) is 20.2 Å². The van der Waals surface area contributed by atoms with E-state index in [1.807, 2.05) is 4.68 Å². The highest BCUT2D eigenvalue weighted by atomic mass is 32.2. The van der Waals surface area contributed by atoms with Crippen LogP contribution in [-0.4, -0.2) is 31.7 Å². The van der Waals surface area contributed by atoms with Gasteiger partial charge >= 0.3 is 0 Å². The van der Waals surface area contributed by atoms with Crippen LogP contribution in [0.3, 0.4) is 0 Å². The van der Waals surface area contributed by atoms with Crippen LogP contribution in [0.2, 0.25) is 0 Å². The Hall–Kier alpha value is -1.63. The van der Waals surface area contributed by atoms with Crippen LogP contribution >= 0.6 is 11.8 Å². The molecule has 0 unspecified atom stereocenters. The van der Waals surface area contributed by atoms with E-state index in [-0.39, 0.29) is 5.78 Å². The van der Waals surface area contributed by atoms with Crippen molar-refractivity contribution in [2.45, 2.75) is 36.9 Å². The zero-order chi connectivity index (χ0) is 13.1. The maximum Gasteiger partial charge on any atom is 0.210 e. The molecule has 1 aliphatic carbocycles. The van der Waals surface area contributed by atoms with Gasteiger partial charge in [0.25, 0.3) is 0 Å². The largest absolute Gasteiger partial charge is 0.461 e. The summed E-state index contributed by atoms with van der Waals surface area (Å²) in [5.74, 6) is 0.629. The van der Waals surface area contributed by atoms with Gasteiger partial charge in [0.05, 0.1) is 18.1 Å². The minimum atomic E-state index is -0.0454. The van der Waals surface area contributed by atoms with Gasteiger partial charge in [0, 0.05) is 0 Å². The third-order valence-corrected chi connectivity index (χ3v) is 4.19. The van der Waals surface area contributed by atoms with Crippen molar-refractivity contribution in [2.75, 3.05) is 5.75 Å². The van der Waals surface area contributed by atoms with Crippen molar-refractivity contribution in [3.8, 4) is 0 Å². The highest BCUT2D eigenvalue weighted by molar-refractivity contribution is 7.99. The Morgan fingerprint density at radius 1 is 1.47 bits per heavy atom. The second-order valence-electron chi connectivity index (χ2n) is 4.53. The smallest absolute Gasteiger partial charge is 0.210 e. The summed E-state index contributed by atoms with van der Waals surface area (Å²) in [5, 5.41) is 12.5. The molecule has 0 bridgehead atoms. The second-order valence-corrected chi connectivity index (χ2v) is 5.48. The molecule has 19 heavy (non-hydrogen) atoms. The molecule has 2 aromatic rings. The highest BCUT2D eigenvalue weighted by Gasteiger charge is 2.22. The van der Waals surface area contributed by atoms with Gasteiger partial charge in [-0.1, -0.05) is 24.6 Å². The van der Waals surface area contributed by atoms with Gasteiger partial charge in [0.2, 0.25) is 10.9 Å². The monoisotopic (exact) mass is 278 g/mol. The molecule has 2 heterocycles. The quantitative estimate of drug-likeness (QED) is 0.617. The molecular formula is C12H14N4O2S.